The Bertz CT molecular complexity index is 271. The van der Waals surface area contributed by atoms with Crippen LogP contribution < -0.4 is 0 Å². The van der Waals surface area contributed by atoms with Crippen molar-refractivity contribution in [2.45, 2.75) is 6.92 Å². The highest BCUT2D eigenvalue weighted by Crippen LogP contribution is 2.00. The van der Waals surface area contributed by atoms with Crippen LogP contribution >= 0.6 is 12.4 Å². The van der Waals surface area contributed by atoms with Crippen LogP contribution in [0, 0.1) is 0 Å². The van der Waals surface area contributed by atoms with Gasteiger partial charge in [-0.3, -0.25) is 0 Å². The van der Waals surface area contributed by atoms with Crippen LogP contribution in [0.3, 0.4) is 0 Å². The highest BCUT2D eigenvalue weighted by molar-refractivity contribution is 5.85. The first-order valence-electron chi connectivity index (χ1n) is 4.77. The SMILES string of the molecule is CCN1C=CN(C)C1.Cl.Cn1ccnc1. The van der Waals surface area contributed by atoms with Crippen molar-refractivity contribution in [3.05, 3.63) is 31.1 Å². The fraction of sp³-hybridized carbons (Fsp3) is 0.500. The molecular weight excluding hydrogens is 212 g/mol. The molecule has 2 heterocycles. The van der Waals surface area contributed by atoms with E-state index in [2.05, 4.69) is 41.2 Å². The van der Waals surface area contributed by atoms with Gasteiger partial charge in [-0.25, -0.2) is 4.98 Å². The van der Waals surface area contributed by atoms with E-state index in [-0.39, 0.29) is 12.4 Å². The summed E-state index contributed by atoms with van der Waals surface area (Å²) in [6, 6.07) is 0. The van der Waals surface area contributed by atoms with Gasteiger partial charge in [0.25, 0.3) is 0 Å². The zero-order chi connectivity index (χ0) is 10.4. The highest BCUT2D eigenvalue weighted by atomic mass is 35.5. The molecule has 1 aliphatic rings. The second-order valence-corrected chi connectivity index (χ2v) is 3.33. The summed E-state index contributed by atoms with van der Waals surface area (Å²) in [5.74, 6) is 0. The van der Waals surface area contributed by atoms with Crippen LogP contribution in [0.2, 0.25) is 0 Å². The Morgan fingerprint density at radius 1 is 1.27 bits per heavy atom. The van der Waals surface area contributed by atoms with Gasteiger partial charge in [0.1, 0.15) is 0 Å². The van der Waals surface area contributed by atoms with Gasteiger partial charge < -0.3 is 14.4 Å². The van der Waals surface area contributed by atoms with Crippen molar-refractivity contribution in [1.29, 1.82) is 0 Å². The molecule has 1 aliphatic heterocycles. The summed E-state index contributed by atoms with van der Waals surface area (Å²) in [5.41, 5.74) is 0. The van der Waals surface area contributed by atoms with Gasteiger partial charge in [-0.2, -0.15) is 0 Å². The van der Waals surface area contributed by atoms with Gasteiger partial charge in [0.15, 0.2) is 0 Å². The Hall–Kier alpha value is -1.16. The molecule has 0 aromatic carbocycles. The maximum absolute atomic E-state index is 3.78. The normalized spacial score (nSPS) is 13.3. The Balaban J connectivity index is 0.000000253. The molecule has 0 spiro atoms. The molecule has 4 nitrogen and oxygen atoms in total. The van der Waals surface area contributed by atoms with Crippen molar-refractivity contribution in [1.82, 2.24) is 19.4 Å². The predicted molar refractivity (Wildman–Crippen MR) is 64.6 cm³/mol. The van der Waals surface area contributed by atoms with Crippen LogP contribution in [0.5, 0.6) is 0 Å². The molecular formula is C10H19ClN4. The second kappa shape index (κ2) is 7.17. The van der Waals surface area contributed by atoms with Crippen LogP contribution in [0.4, 0.5) is 0 Å². The number of nitrogens with zero attached hydrogens (tertiary/aromatic N) is 4. The summed E-state index contributed by atoms with van der Waals surface area (Å²) in [5, 5.41) is 0. The third-order valence-electron chi connectivity index (χ3n) is 1.98. The zero-order valence-corrected chi connectivity index (χ0v) is 10.3. The first-order chi connectivity index (χ1) is 6.72. The molecule has 0 fully saturated rings. The minimum Gasteiger partial charge on any atom is -0.362 e. The van der Waals surface area contributed by atoms with Crippen molar-refractivity contribution in [3.63, 3.8) is 0 Å². The molecule has 0 radical (unpaired) electrons. The lowest BCUT2D eigenvalue weighted by atomic mass is 10.6. The van der Waals surface area contributed by atoms with E-state index in [1.165, 1.54) is 0 Å². The van der Waals surface area contributed by atoms with Gasteiger partial charge in [0, 0.05) is 45.4 Å². The first kappa shape index (κ1) is 13.8. The number of rotatable bonds is 1. The molecule has 1 aromatic heterocycles. The maximum Gasteiger partial charge on any atom is 0.0943 e. The molecule has 0 bridgehead atoms. The Labute approximate surface area is 97.6 Å². The number of halogens is 1. The third-order valence-corrected chi connectivity index (χ3v) is 1.98. The van der Waals surface area contributed by atoms with E-state index >= 15 is 0 Å². The molecule has 86 valence electrons. The van der Waals surface area contributed by atoms with Gasteiger partial charge >= 0.3 is 0 Å². The van der Waals surface area contributed by atoms with Gasteiger partial charge in [-0.05, 0) is 6.92 Å². The summed E-state index contributed by atoms with van der Waals surface area (Å²) in [6.45, 7) is 4.32. The third kappa shape index (κ3) is 5.32. The largest absolute Gasteiger partial charge is 0.362 e. The smallest absolute Gasteiger partial charge is 0.0943 e. The molecule has 5 heteroatoms. The molecule has 0 aliphatic carbocycles. The monoisotopic (exact) mass is 230 g/mol. The fourth-order valence-corrected chi connectivity index (χ4v) is 1.12. The maximum atomic E-state index is 3.78. The van der Waals surface area contributed by atoms with Crippen LogP contribution in [0.1, 0.15) is 6.92 Å². The fourth-order valence-electron chi connectivity index (χ4n) is 1.12. The average Bonchev–Trinajstić information content (AvgIpc) is 2.77. The van der Waals surface area contributed by atoms with Gasteiger partial charge in [-0.1, -0.05) is 0 Å². The molecule has 0 amide bonds. The number of imidazole rings is 1. The molecule has 0 unspecified atom stereocenters. The summed E-state index contributed by atoms with van der Waals surface area (Å²) >= 11 is 0. The molecule has 1 aromatic rings. The number of aromatic nitrogens is 2. The van der Waals surface area contributed by atoms with E-state index in [0.29, 0.717) is 0 Å². The van der Waals surface area contributed by atoms with E-state index in [4.69, 9.17) is 0 Å². The van der Waals surface area contributed by atoms with Crippen molar-refractivity contribution in [3.8, 4) is 0 Å². The van der Waals surface area contributed by atoms with Gasteiger partial charge in [0.05, 0.1) is 13.0 Å². The zero-order valence-electron chi connectivity index (χ0n) is 9.50. The Morgan fingerprint density at radius 2 is 2.00 bits per heavy atom. The van der Waals surface area contributed by atoms with Crippen LogP contribution in [-0.2, 0) is 7.05 Å². The number of hydrogen-bond donors (Lipinski definition) is 0. The Morgan fingerprint density at radius 3 is 2.20 bits per heavy atom. The number of hydrogen-bond acceptors (Lipinski definition) is 3. The quantitative estimate of drug-likeness (QED) is 0.731. The summed E-state index contributed by atoms with van der Waals surface area (Å²) < 4.78 is 1.89. The van der Waals surface area contributed by atoms with Crippen molar-refractivity contribution in [2.24, 2.45) is 7.05 Å². The van der Waals surface area contributed by atoms with Crippen molar-refractivity contribution >= 4 is 12.4 Å². The predicted octanol–water partition coefficient (Wildman–Crippen LogP) is 1.52. The van der Waals surface area contributed by atoms with E-state index in [0.717, 1.165) is 13.2 Å². The minimum atomic E-state index is 0. The summed E-state index contributed by atoms with van der Waals surface area (Å²) in [4.78, 5) is 8.19. The van der Waals surface area contributed by atoms with E-state index in [9.17, 15) is 0 Å². The van der Waals surface area contributed by atoms with Crippen LogP contribution in [0.15, 0.2) is 31.1 Å². The summed E-state index contributed by atoms with van der Waals surface area (Å²) in [7, 11) is 4.01. The lowest BCUT2D eigenvalue weighted by Crippen LogP contribution is -2.21. The van der Waals surface area contributed by atoms with Crippen LogP contribution in [-0.4, -0.2) is 39.6 Å². The highest BCUT2D eigenvalue weighted by Gasteiger charge is 2.03. The van der Waals surface area contributed by atoms with Crippen molar-refractivity contribution < 1.29 is 0 Å². The molecule has 2 rings (SSSR count). The Kier molecular flexibility index (Phi) is 6.62. The molecule has 0 saturated carbocycles. The van der Waals surface area contributed by atoms with Gasteiger partial charge in [-0.15, -0.1) is 12.4 Å². The standard InChI is InChI=1S/C6H12N2.C4H6N2.ClH/c1-3-8-5-4-7(2)6-8;1-6-3-2-5-4-6;/h4-5H,3,6H2,1-2H3;2-4H,1H3;1H. The second-order valence-electron chi connectivity index (χ2n) is 3.33. The van der Waals surface area contributed by atoms with Crippen molar-refractivity contribution in [2.75, 3.05) is 20.3 Å². The molecule has 0 N–H and O–H groups in total. The number of aryl methyl sites for hydroxylation is 1. The minimum absolute atomic E-state index is 0. The lowest BCUT2D eigenvalue weighted by Gasteiger charge is -2.14. The molecule has 0 saturated heterocycles. The first-order valence-corrected chi connectivity index (χ1v) is 4.77. The van der Waals surface area contributed by atoms with Crippen LogP contribution in [0.25, 0.3) is 0 Å². The average molecular weight is 231 g/mol. The van der Waals surface area contributed by atoms with E-state index < -0.39 is 0 Å². The molecule has 0 atom stereocenters. The van der Waals surface area contributed by atoms with E-state index in [1.807, 2.05) is 17.8 Å². The molecule has 15 heavy (non-hydrogen) atoms. The van der Waals surface area contributed by atoms with Gasteiger partial charge in [0.2, 0.25) is 0 Å². The topological polar surface area (TPSA) is 24.3 Å². The van der Waals surface area contributed by atoms with E-state index in [1.54, 1.807) is 12.5 Å². The lowest BCUT2D eigenvalue weighted by molar-refractivity contribution is 0.308. The summed E-state index contributed by atoms with van der Waals surface area (Å²) in [6.07, 6.45) is 9.59.